The molecule has 5 nitrogen and oxygen atoms in total. The van der Waals surface area contributed by atoms with E-state index in [1.54, 1.807) is 0 Å². The molecule has 0 saturated heterocycles. The summed E-state index contributed by atoms with van der Waals surface area (Å²) in [6, 6.07) is 1.19. The number of halogens is 1. The first-order valence-corrected chi connectivity index (χ1v) is 4.61. The molecule has 0 atom stereocenters. The zero-order valence-corrected chi connectivity index (χ0v) is 9.33. The van der Waals surface area contributed by atoms with Crippen LogP contribution in [0.4, 0.5) is 0 Å². The number of phenolic OH excluding ortho intramolecular Hbond substituents is 1. The first-order chi connectivity index (χ1) is 7.40. The number of methoxy groups -OCH3 is 1. The van der Waals surface area contributed by atoms with E-state index in [9.17, 15) is 14.7 Å². The van der Waals surface area contributed by atoms with Crippen molar-refractivity contribution in [3.05, 3.63) is 22.2 Å². The van der Waals surface area contributed by atoms with E-state index in [2.05, 4.69) is 0 Å². The van der Waals surface area contributed by atoms with Crippen molar-refractivity contribution in [1.82, 2.24) is 0 Å². The molecule has 0 heterocycles. The van der Waals surface area contributed by atoms with Crippen LogP contribution in [0.1, 0.15) is 15.9 Å². The number of carboxylic acid groups (broad SMARTS) is 1. The maximum atomic E-state index is 11.4. The van der Waals surface area contributed by atoms with Crippen LogP contribution in [0.3, 0.4) is 0 Å². The zero-order chi connectivity index (χ0) is 12.5. The van der Waals surface area contributed by atoms with E-state index in [1.807, 2.05) is 0 Å². The fraction of sp³-hybridized carbons (Fsp3) is 0.200. The molecule has 0 fully saturated rings. The van der Waals surface area contributed by atoms with Crippen molar-refractivity contribution in [2.45, 2.75) is 6.92 Å². The lowest BCUT2D eigenvalue weighted by Gasteiger charge is -2.11. The van der Waals surface area contributed by atoms with E-state index in [1.165, 1.54) is 20.1 Å². The number of ether oxygens (including phenoxy) is 1. The fourth-order valence-electron chi connectivity index (χ4n) is 1.30. The third-order valence-electron chi connectivity index (χ3n) is 2.08. The van der Waals surface area contributed by atoms with Gasteiger partial charge in [-0.05, 0) is 12.5 Å². The van der Waals surface area contributed by atoms with Crippen LogP contribution in [-0.4, -0.2) is 29.1 Å². The average molecular weight is 245 g/mol. The summed E-state index contributed by atoms with van der Waals surface area (Å²) in [5.41, 5.74) is 0.0173. The molecule has 0 aliphatic carbocycles. The summed E-state index contributed by atoms with van der Waals surface area (Å²) >= 11 is 5.74. The van der Waals surface area contributed by atoms with Gasteiger partial charge in [-0.3, -0.25) is 4.79 Å². The van der Waals surface area contributed by atoms with Crippen molar-refractivity contribution < 1.29 is 24.5 Å². The summed E-state index contributed by atoms with van der Waals surface area (Å²) in [6.45, 7) is 1.47. The Morgan fingerprint density at radius 1 is 1.44 bits per heavy atom. The van der Waals surface area contributed by atoms with Crippen LogP contribution >= 0.6 is 11.6 Å². The molecule has 0 saturated carbocycles. The fourth-order valence-corrected chi connectivity index (χ4v) is 1.50. The molecule has 0 unspecified atom stereocenters. The Morgan fingerprint density at radius 2 is 2.00 bits per heavy atom. The molecule has 0 spiro atoms. The molecule has 1 aromatic rings. The number of aliphatic carboxylic acids is 1. The summed E-state index contributed by atoms with van der Waals surface area (Å²) in [6.07, 6.45) is 0. The second-order valence-corrected chi connectivity index (χ2v) is 3.45. The molecule has 1 aromatic carbocycles. The van der Waals surface area contributed by atoms with Crippen LogP contribution in [0.15, 0.2) is 6.07 Å². The number of carbonyl (C=O) groups is 2. The Morgan fingerprint density at radius 3 is 2.44 bits per heavy atom. The Bertz CT molecular complexity index is 467. The smallest absolute Gasteiger partial charge is 0.377 e. The highest BCUT2D eigenvalue weighted by atomic mass is 35.5. The van der Waals surface area contributed by atoms with E-state index in [0.717, 1.165) is 0 Å². The molecule has 0 aliphatic rings. The number of hydrogen-bond acceptors (Lipinski definition) is 4. The van der Waals surface area contributed by atoms with Gasteiger partial charge in [0.25, 0.3) is 5.78 Å². The maximum Gasteiger partial charge on any atom is 0.377 e. The van der Waals surface area contributed by atoms with Crippen molar-refractivity contribution in [2.24, 2.45) is 0 Å². The highest BCUT2D eigenvalue weighted by Gasteiger charge is 2.25. The number of ketones is 1. The highest BCUT2D eigenvalue weighted by Crippen LogP contribution is 2.37. The van der Waals surface area contributed by atoms with Gasteiger partial charge >= 0.3 is 5.97 Å². The zero-order valence-electron chi connectivity index (χ0n) is 8.57. The molecule has 2 N–H and O–H groups in total. The van der Waals surface area contributed by atoms with Crippen LogP contribution in [-0.2, 0) is 4.79 Å². The number of rotatable bonds is 3. The summed E-state index contributed by atoms with van der Waals surface area (Å²) in [5, 5.41) is 18.2. The van der Waals surface area contributed by atoms with Crippen LogP contribution in [0, 0.1) is 6.92 Å². The van der Waals surface area contributed by atoms with Gasteiger partial charge in [0.15, 0.2) is 11.5 Å². The van der Waals surface area contributed by atoms with Crippen LogP contribution in [0.25, 0.3) is 0 Å². The van der Waals surface area contributed by atoms with Crippen LogP contribution < -0.4 is 4.74 Å². The second kappa shape index (κ2) is 4.40. The van der Waals surface area contributed by atoms with E-state index < -0.39 is 11.8 Å². The SMILES string of the molecule is COc1c(O)cc(Cl)c(C)c1C(=O)C(=O)O. The number of Topliss-reactive ketones (excluding diaryl/α,β-unsaturated/α-hetero) is 1. The van der Waals surface area contributed by atoms with Crippen molar-refractivity contribution in [3.8, 4) is 11.5 Å². The normalized spacial score (nSPS) is 9.94. The summed E-state index contributed by atoms with van der Waals surface area (Å²) in [5.74, 6) is -3.37. The molecule has 0 aromatic heterocycles. The van der Waals surface area contributed by atoms with Gasteiger partial charge in [0.2, 0.25) is 0 Å². The Labute approximate surface area is 96.2 Å². The van der Waals surface area contributed by atoms with Gasteiger partial charge in [-0.15, -0.1) is 0 Å². The first kappa shape index (κ1) is 12.3. The molecule has 0 radical (unpaired) electrons. The van der Waals surface area contributed by atoms with E-state index in [-0.39, 0.29) is 27.6 Å². The Balaban J connectivity index is 3.57. The quantitative estimate of drug-likeness (QED) is 0.624. The predicted molar refractivity (Wildman–Crippen MR) is 56.4 cm³/mol. The maximum absolute atomic E-state index is 11.4. The minimum atomic E-state index is -1.64. The Kier molecular flexibility index (Phi) is 3.39. The first-order valence-electron chi connectivity index (χ1n) is 4.23. The molecular weight excluding hydrogens is 236 g/mol. The number of phenols is 1. The van der Waals surface area contributed by atoms with Gasteiger partial charge in [0, 0.05) is 11.1 Å². The van der Waals surface area contributed by atoms with Crippen molar-refractivity contribution in [2.75, 3.05) is 7.11 Å². The molecule has 0 aliphatic heterocycles. The van der Waals surface area contributed by atoms with Crippen LogP contribution in [0.2, 0.25) is 5.02 Å². The molecule has 6 heteroatoms. The topological polar surface area (TPSA) is 83.8 Å². The van der Waals surface area contributed by atoms with Gasteiger partial charge < -0.3 is 14.9 Å². The van der Waals surface area contributed by atoms with Gasteiger partial charge in [-0.1, -0.05) is 11.6 Å². The lowest BCUT2D eigenvalue weighted by molar-refractivity contribution is -0.131. The molecular formula is C10H9ClO5. The minimum Gasteiger partial charge on any atom is -0.504 e. The molecule has 16 heavy (non-hydrogen) atoms. The molecule has 0 bridgehead atoms. The van der Waals surface area contributed by atoms with Gasteiger partial charge in [-0.2, -0.15) is 0 Å². The number of carboxylic acids is 1. The van der Waals surface area contributed by atoms with Crippen molar-refractivity contribution >= 4 is 23.4 Å². The lowest BCUT2D eigenvalue weighted by atomic mass is 10.0. The second-order valence-electron chi connectivity index (χ2n) is 3.05. The number of benzene rings is 1. The van der Waals surface area contributed by atoms with Crippen molar-refractivity contribution in [3.63, 3.8) is 0 Å². The Hall–Kier alpha value is -1.75. The summed E-state index contributed by atoms with van der Waals surface area (Å²) < 4.78 is 4.79. The van der Waals surface area contributed by atoms with Gasteiger partial charge in [-0.25, -0.2) is 4.79 Å². The van der Waals surface area contributed by atoms with Gasteiger partial charge in [0.05, 0.1) is 12.7 Å². The summed E-state index contributed by atoms with van der Waals surface area (Å²) in [7, 11) is 1.22. The highest BCUT2D eigenvalue weighted by molar-refractivity contribution is 6.42. The molecule has 1 rings (SSSR count). The molecule has 86 valence electrons. The minimum absolute atomic E-state index is 0.0999. The average Bonchev–Trinajstić information content (AvgIpc) is 2.21. The summed E-state index contributed by atoms with van der Waals surface area (Å²) in [4.78, 5) is 22.0. The standard InChI is InChI=1S/C10H9ClO5/c1-4-5(11)3-6(12)9(16-2)7(4)8(13)10(14)15/h3,12H,1-2H3,(H,14,15). The van der Waals surface area contributed by atoms with E-state index in [4.69, 9.17) is 21.4 Å². The van der Waals surface area contributed by atoms with E-state index >= 15 is 0 Å². The van der Waals surface area contributed by atoms with Crippen molar-refractivity contribution in [1.29, 1.82) is 0 Å². The molecule has 0 amide bonds. The third kappa shape index (κ3) is 1.94. The number of aromatic hydroxyl groups is 1. The largest absolute Gasteiger partial charge is 0.504 e. The number of carbonyl (C=O) groups excluding carboxylic acids is 1. The number of hydrogen-bond donors (Lipinski definition) is 2. The lowest BCUT2D eigenvalue weighted by Crippen LogP contribution is -2.15. The van der Waals surface area contributed by atoms with Crippen LogP contribution in [0.5, 0.6) is 11.5 Å². The van der Waals surface area contributed by atoms with E-state index in [0.29, 0.717) is 0 Å². The van der Waals surface area contributed by atoms with Gasteiger partial charge in [0.1, 0.15) is 0 Å². The third-order valence-corrected chi connectivity index (χ3v) is 2.47. The monoisotopic (exact) mass is 244 g/mol. The predicted octanol–water partition coefficient (Wildman–Crippen LogP) is 1.63.